The van der Waals surface area contributed by atoms with Crippen LogP contribution in [0.2, 0.25) is 0 Å². The Bertz CT molecular complexity index is 702. The van der Waals surface area contributed by atoms with Crippen LogP contribution in [0.25, 0.3) is 0 Å². The van der Waals surface area contributed by atoms with Gasteiger partial charge in [-0.05, 0) is 21.8 Å². The monoisotopic (exact) mass is 439 g/mol. The van der Waals surface area contributed by atoms with Crippen molar-refractivity contribution in [3.8, 4) is 11.5 Å². The second-order valence-electron chi connectivity index (χ2n) is 7.28. The summed E-state index contributed by atoms with van der Waals surface area (Å²) in [6.45, 7) is 8.19. The van der Waals surface area contributed by atoms with E-state index in [1.54, 1.807) is 6.07 Å². The van der Waals surface area contributed by atoms with E-state index in [-0.39, 0.29) is 11.8 Å². The van der Waals surface area contributed by atoms with Crippen LogP contribution in [-0.4, -0.2) is 67.6 Å². The standard InChI is InChI=1S/C19H26BrN3O4/c1-13(2)9-19(25)23-5-3-22(4-6-23)12-18(24)21-15-11-17-16(10-14(15)20)26-7-8-27-17/h10-11,13H,3-9,12H2,1-2H3,(H,21,24). The molecule has 0 bridgehead atoms. The third-order valence-electron chi connectivity index (χ3n) is 4.58. The normalized spacial score (nSPS) is 17.1. The van der Waals surface area contributed by atoms with Crippen LogP contribution >= 0.6 is 15.9 Å². The number of ether oxygens (including phenoxy) is 2. The zero-order valence-electron chi connectivity index (χ0n) is 15.8. The summed E-state index contributed by atoms with van der Waals surface area (Å²) in [5.41, 5.74) is 0.662. The number of hydrogen-bond acceptors (Lipinski definition) is 5. The highest BCUT2D eigenvalue weighted by Gasteiger charge is 2.23. The molecule has 2 aliphatic heterocycles. The molecule has 148 valence electrons. The van der Waals surface area contributed by atoms with Gasteiger partial charge in [-0.3, -0.25) is 14.5 Å². The van der Waals surface area contributed by atoms with Crippen LogP contribution in [0.3, 0.4) is 0 Å². The van der Waals surface area contributed by atoms with E-state index >= 15 is 0 Å². The maximum absolute atomic E-state index is 12.4. The van der Waals surface area contributed by atoms with Gasteiger partial charge in [0.2, 0.25) is 11.8 Å². The first-order chi connectivity index (χ1) is 12.9. The average Bonchev–Trinajstić information content (AvgIpc) is 2.62. The fourth-order valence-corrected chi connectivity index (χ4v) is 3.61. The Hall–Kier alpha value is -1.80. The van der Waals surface area contributed by atoms with Crippen molar-refractivity contribution in [3.05, 3.63) is 16.6 Å². The van der Waals surface area contributed by atoms with E-state index in [1.165, 1.54) is 0 Å². The fraction of sp³-hybridized carbons (Fsp3) is 0.579. The molecule has 0 aromatic heterocycles. The number of nitrogens with zero attached hydrogens (tertiary/aromatic N) is 2. The van der Waals surface area contributed by atoms with Gasteiger partial charge in [0.05, 0.1) is 12.2 Å². The lowest BCUT2D eigenvalue weighted by Gasteiger charge is -2.34. The summed E-state index contributed by atoms with van der Waals surface area (Å²) in [6.07, 6.45) is 0.582. The predicted molar refractivity (Wildman–Crippen MR) is 106 cm³/mol. The first-order valence-corrected chi connectivity index (χ1v) is 10.1. The number of benzene rings is 1. The lowest BCUT2D eigenvalue weighted by Crippen LogP contribution is -2.50. The molecule has 0 spiro atoms. The molecule has 1 N–H and O–H groups in total. The molecule has 1 aromatic rings. The summed E-state index contributed by atoms with van der Waals surface area (Å²) >= 11 is 3.46. The van der Waals surface area contributed by atoms with Crippen molar-refractivity contribution in [3.63, 3.8) is 0 Å². The SMILES string of the molecule is CC(C)CC(=O)N1CCN(CC(=O)Nc2cc3c(cc2Br)OCCO3)CC1. The first kappa shape index (κ1) is 19.9. The second-order valence-corrected chi connectivity index (χ2v) is 8.13. The van der Waals surface area contributed by atoms with Crippen LogP contribution in [0.1, 0.15) is 20.3 Å². The Labute approximate surface area is 168 Å². The minimum absolute atomic E-state index is 0.0886. The number of hydrogen-bond donors (Lipinski definition) is 1. The largest absolute Gasteiger partial charge is 0.486 e. The number of nitrogens with one attached hydrogen (secondary N) is 1. The predicted octanol–water partition coefficient (Wildman–Crippen LogP) is 2.35. The molecule has 2 aliphatic rings. The van der Waals surface area contributed by atoms with Gasteiger partial charge in [0.25, 0.3) is 0 Å². The molecule has 1 fully saturated rings. The van der Waals surface area contributed by atoms with Crippen molar-refractivity contribution in [1.29, 1.82) is 0 Å². The summed E-state index contributed by atoms with van der Waals surface area (Å²) in [5.74, 6) is 1.79. The van der Waals surface area contributed by atoms with Crippen molar-refractivity contribution in [2.24, 2.45) is 5.92 Å². The Kier molecular flexibility index (Phi) is 6.59. The van der Waals surface area contributed by atoms with Crippen LogP contribution in [-0.2, 0) is 9.59 Å². The van der Waals surface area contributed by atoms with Gasteiger partial charge in [-0.15, -0.1) is 0 Å². The molecule has 0 radical (unpaired) electrons. The van der Waals surface area contributed by atoms with Crippen molar-refractivity contribution >= 4 is 33.4 Å². The highest BCUT2D eigenvalue weighted by Crippen LogP contribution is 2.38. The molecule has 8 heteroatoms. The van der Waals surface area contributed by atoms with Crippen molar-refractivity contribution < 1.29 is 19.1 Å². The summed E-state index contributed by atoms with van der Waals surface area (Å²) < 4.78 is 11.9. The highest BCUT2D eigenvalue weighted by molar-refractivity contribution is 9.10. The van der Waals surface area contributed by atoms with E-state index in [2.05, 4.69) is 40.0 Å². The topological polar surface area (TPSA) is 71.1 Å². The minimum atomic E-state index is -0.0886. The van der Waals surface area contributed by atoms with Crippen molar-refractivity contribution in [2.45, 2.75) is 20.3 Å². The van der Waals surface area contributed by atoms with Gasteiger partial charge in [0.1, 0.15) is 13.2 Å². The number of fused-ring (bicyclic) bond motifs is 1. The van der Waals surface area contributed by atoms with E-state index in [4.69, 9.17) is 9.47 Å². The number of amides is 2. The average molecular weight is 440 g/mol. The van der Waals surface area contributed by atoms with Gasteiger partial charge >= 0.3 is 0 Å². The second kappa shape index (κ2) is 8.93. The lowest BCUT2D eigenvalue weighted by molar-refractivity contribution is -0.133. The van der Waals surface area contributed by atoms with E-state index in [1.807, 2.05) is 11.0 Å². The number of halogens is 1. The van der Waals surface area contributed by atoms with Gasteiger partial charge in [-0.25, -0.2) is 0 Å². The minimum Gasteiger partial charge on any atom is -0.486 e. The lowest BCUT2D eigenvalue weighted by atomic mass is 10.1. The highest BCUT2D eigenvalue weighted by atomic mass is 79.9. The van der Waals surface area contributed by atoms with E-state index < -0.39 is 0 Å². The van der Waals surface area contributed by atoms with Crippen molar-refractivity contribution in [2.75, 3.05) is 51.3 Å². The molecule has 2 heterocycles. The molecular weight excluding hydrogens is 414 g/mol. The zero-order chi connectivity index (χ0) is 19.4. The maximum atomic E-state index is 12.4. The van der Waals surface area contributed by atoms with Gasteiger partial charge in [-0.2, -0.15) is 0 Å². The van der Waals surface area contributed by atoms with Crippen LogP contribution < -0.4 is 14.8 Å². The third kappa shape index (κ3) is 5.35. The van der Waals surface area contributed by atoms with Crippen molar-refractivity contribution in [1.82, 2.24) is 9.80 Å². The molecule has 0 aliphatic carbocycles. The molecule has 0 atom stereocenters. The van der Waals surface area contributed by atoms with Crippen LogP contribution in [0.15, 0.2) is 16.6 Å². The number of anilines is 1. The van der Waals surface area contributed by atoms with E-state index in [9.17, 15) is 9.59 Å². The Morgan fingerprint density at radius 1 is 1.11 bits per heavy atom. The molecule has 3 rings (SSSR count). The van der Waals surface area contributed by atoms with Crippen LogP contribution in [0.4, 0.5) is 5.69 Å². The third-order valence-corrected chi connectivity index (χ3v) is 5.24. The summed E-state index contributed by atoms with van der Waals surface area (Å²) in [6, 6.07) is 3.59. The summed E-state index contributed by atoms with van der Waals surface area (Å²) in [4.78, 5) is 28.5. The van der Waals surface area contributed by atoms with E-state index in [0.29, 0.717) is 75.5 Å². The molecular formula is C19H26BrN3O4. The number of piperazine rings is 1. The molecule has 1 saturated heterocycles. The maximum Gasteiger partial charge on any atom is 0.238 e. The zero-order valence-corrected chi connectivity index (χ0v) is 17.4. The molecule has 0 saturated carbocycles. The smallest absolute Gasteiger partial charge is 0.238 e. The molecule has 2 amide bonds. The molecule has 1 aromatic carbocycles. The van der Waals surface area contributed by atoms with E-state index in [0.717, 1.165) is 4.47 Å². The number of carbonyl (C=O) groups excluding carboxylic acids is 2. The number of rotatable bonds is 5. The Morgan fingerprint density at radius 2 is 1.74 bits per heavy atom. The van der Waals surface area contributed by atoms with Gasteiger partial charge in [0, 0.05) is 49.2 Å². The van der Waals surface area contributed by atoms with Gasteiger partial charge < -0.3 is 19.7 Å². The van der Waals surface area contributed by atoms with Crippen LogP contribution in [0.5, 0.6) is 11.5 Å². The van der Waals surface area contributed by atoms with Gasteiger partial charge in [-0.1, -0.05) is 13.8 Å². The quantitative estimate of drug-likeness (QED) is 0.762. The first-order valence-electron chi connectivity index (χ1n) is 9.31. The molecule has 7 nitrogen and oxygen atoms in total. The summed E-state index contributed by atoms with van der Waals surface area (Å²) in [7, 11) is 0. The van der Waals surface area contributed by atoms with Gasteiger partial charge in [0.15, 0.2) is 11.5 Å². The fourth-order valence-electron chi connectivity index (χ4n) is 3.19. The Morgan fingerprint density at radius 3 is 2.37 bits per heavy atom. The summed E-state index contributed by atoms with van der Waals surface area (Å²) in [5, 5.41) is 2.92. The Balaban J connectivity index is 1.50. The molecule has 27 heavy (non-hydrogen) atoms. The molecule has 0 unspecified atom stereocenters. The van der Waals surface area contributed by atoms with Crippen LogP contribution in [0, 0.1) is 5.92 Å². The number of carbonyl (C=O) groups is 2.